The van der Waals surface area contributed by atoms with Gasteiger partial charge in [-0.1, -0.05) is 146 Å². The normalized spacial score (nSPS) is 11.8. The summed E-state index contributed by atoms with van der Waals surface area (Å²) >= 11 is 0. The standard InChI is InChI=1S/C53H32N4O/c1-3-14-33(15-4-1)43-32-38(57-45-29-26-34-16-9-10-21-39(34)49(45)44-30-36-19-7-8-20-37(36)31-46(44)57)27-28-40(43)52-54-51(35-17-5-2-6-18-35)55-53(56-52)42-23-13-25-48-50(42)41-22-11-12-24-47(41)58-48/h1-32H. The Hall–Kier alpha value is -7.89. The van der Waals surface area contributed by atoms with Gasteiger partial charge in [0.05, 0.1) is 11.0 Å². The molecule has 0 aliphatic carbocycles. The minimum absolute atomic E-state index is 0.588. The van der Waals surface area contributed by atoms with Gasteiger partial charge in [-0.3, -0.25) is 0 Å². The summed E-state index contributed by atoms with van der Waals surface area (Å²) in [6, 6.07) is 68.1. The van der Waals surface area contributed by atoms with E-state index in [9.17, 15) is 0 Å². The zero-order valence-electron chi connectivity index (χ0n) is 31.2. The van der Waals surface area contributed by atoms with Crippen LogP contribution in [0.15, 0.2) is 199 Å². The van der Waals surface area contributed by atoms with Gasteiger partial charge in [-0.2, -0.15) is 0 Å². The van der Waals surface area contributed by atoms with Gasteiger partial charge < -0.3 is 8.98 Å². The topological polar surface area (TPSA) is 56.7 Å². The zero-order chi connectivity index (χ0) is 38.2. The molecule has 0 aliphatic heterocycles. The van der Waals surface area contributed by atoms with Gasteiger partial charge in [-0.25, -0.2) is 15.0 Å². The van der Waals surface area contributed by atoms with Crippen molar-refractivity contribution in [1.29, 1.82) is 0 Å². The number of nitrogens with zero attached hydrogens (tertiary/aromatic N) is 4. The number of rotatable bonds is 5. The fourth-order valence-corrected chi connectivity index (χ4v) is 8.77. The number of furan rings is 1. The molecule has 9 aromatic carbocycles. The zero-order valence-corrected chi connectivity index (χ0v) is 31.2. The SMILES string of the molecule is c1ccc(-c2nc(-c3ccc(-n4c5cc6ccccc6cc5c5c6ccccc6ccc54)cc3-c3ccccc3)nc(-c3cccc4oc5ccccc5c34)n2)cc1. The van der Waals surface area contributed by atoms with Crippen molar-refractivity contribution in [2.75, 3.05) is 0 Å². The monoisotopic (exact) mass is 740 g/mol. The molecule has 0 fully saturated rings. The van der Waals surface area contributed by atoms with E-state index < -0.39 is 0 Å². The second-order valence-electron chi connectivity index (χ2n) is 14.8. The molecule has 12 aromatic rings. The minimum Gasteiger partial charge on any atom is -0.456 e. The molecule has 0 N–H and O–H groups in total. The number of hydrogen-bond donors (Lipinski definition) is 0. The maximum absolute atomic E-state index is 6.30. The summed E-state index contributed by atoms with van der Waals surface area (Å²) in [7, 11) is 0. The van der Waals surface area contributed by atoms with Gasteiger partial charge in [0.1, 0.15) is 11.2 Å². The minimum atomic E-state index is 0.588. The maximum Gasteiger partial charge on any atom is 0.164 e. The molecule has 0 saturated carbocycles. The average molecular weight is 741 g/mol. The van der Waals surface area contributed by atoms with Gasteiger partial charge in [0.25, 0.3) is 0 Å². The van der Waals surface area contributed by atoms with Gasteiger partial charge in [-0.15, -0.1) is 0 Å². The highest BCUT2D eigenvalue weighted by Crippen LogP contribution is 2.42. The van der Waals surface area contributed by atoms with Crippen molar-refractivity contribution < 1.29 is 4.42 Å². The fraction of sp³-hybridized carbons (Fsp3) is 0. The van der Waals surface area contributed by atoms with Gasteiger partial charge >= 0.3 is 0 Å². The lowest BCUT2D eigenvalue weighted by Crippen LogP contribution is -2.02. The van der Waals surface area contributed by atoms with E-state index in [1.807, 2.05) is 60.7 Å². The van der Waals surface area contributed by atoms with Crippen molar-refractivity contribution in [3.63, 3.8) is 0 Å². The highest BCUT2D eigenvalue weighted by Gasteiger charge is 2.21. The number of fused-ring (bicyclic) bond motifs is 9. The van der Waals surface area contributed by atoms with E-state index in [2.05, 4.69) is 138 Å². The molecule has 0 amide bonds. The molecule has 3 heterocycles. The van der Waals surface area contributed by atoms with Crippen molar-refractivity contribution in [3.8, 4) is 51.0 Å². The number of hydrogen-bond acceptors (Lipinski definition) is 4. The highest BCUT2D eigenvalue weighted by molar-refractivity contribution is 6.23. The lowest BCUT2D eigenvalue weighted by molar-refractivity contribution is 0.669. The van der Waals surface area contributed by atoms with E-state index in [1.54, 1.807) is 0 Å². The third-order valence-electron chi connectivity index (χ3n) is 11.4. The van der Waals surface area contributed by atoms with E-state index >= 15 is 0 Å². The van der Waals surface area contributed by atoms with Crippen LogP contribution in [0.5, 0.6) is 0 Å². The molecule has 12 rings (SSSR count). The number of aromatic nitrogens is 4. The Balaban J connectivity index is 1.14. The average Bonchev–Trinajstić information content (AvgIpc) is 3.84. The lowest BCUT2D eigenvalue weighted by atomic mass is 9.98. The Morgan fingerprint density at radius 3 is 1.79 bits per heavy atom. The molecular formula is C53H32N4O. The largest absolute Gasteiger partial charge is 0.456 e. The molecule has 0 saturated heterocycles. The van der Waals surface area contributed by atoms with E-state index in [-0.39, 0.29) is 0 Å². The van der Waals surface area contributed by atoms with E-state index in [1.165, 1.54) is 32.3 Å². The molecule has 0 radical (unpaired) electrons. The molecule has 58 heavy (non-hydrogen) atoms. The first-order chi connectivity index (χ1) is 28.7. The first-order valence-electron chi connectivity index (χ1n) is 19.5. The van der Waals surface area contributed by atoms with Crippen LogP contribution >= 0.6 is 0 Å². The van der Waals surface area contributed by atoms with Crippen LogP contribution in [0.2, 0.25) is 0 Å². The number of para-hydroxylation sites is 1. The predicted octanol–water partition coefficient (Wildman–Crippen LogP) is 13.8. The summed E-state index contributed by atoms with van der Waals surface area (Å²) in [5, 5.41) is 9.38. The predicted molar refractivity (Wildman–Crippen MR) is 238 cm³/mol. The Morgan fingerprint density at radius 2 is 0.983 bits per heavy atom. The summed E-state index contributed by atoms with van der Waals surface area (Å²) < 4.78 is 8.72. The first kappa shape index (κ1) is 32.4. The van der Waals surface area contributed by atoms with Gasteiger partial charge in [0.15, 0.2) is 17.5 Å². The fourth-order valence-electron chi connectivity index (χ4n) is 8.77. The third-order valence-corrected chi connectivity index (χ3v) is 11.4. The Labute approximate surface area is 333 Å². The van der Waals surface area contributed by atoms with Crippen LogP contribution in [-0.2, 0) is 0 Å². The van der Waals surface area contributed by atoms with Crippen LogP contribution in [0.4, 0.5) is 0 Å². The third kappa shape index (κ3) is 5.07. The molecule has 5 nitrogen and oxygen atoms in total. The quantitative estimate of drug-likeness (QED) is 0.176. The Bertz CT molecular complexity index is 3570. The summed E-state index contributed by atoms with van der Waals surface area (Å²) in [6.45, 7) is 0. The summed E-state index contributed by atoms with van der Waals surface area (Å²) in [6.07, 6.45) is 0. The summed E-state index contributed by atoms with van der Waals surface area (Å²) in [5.74, 6) is 1.79. The van der Waals surface area contributed by atoms with Crippen molar-refractivity contribution >= 4 is 65.3 Å². The Morgan fingerprint density at radius 1 is 0.345 bits per heavy atom. The van der Waals surface area contributed by atoms with Crippen molar-refractivity contribution in [2.45, 2.75) is 0 Å². The summed E-state index contributed by atoms with van der Waals surface area (Å²) in [4.78, 5) is 15.7. The van der Waals surface area contributed by atoms with Crippen LogP contribution in [0.1, 0.15) is 0 Å². The van der Waals surface area contributed by atoms with Crippen molar-refractivity contribution in [3.05, 3.63) is 194 Å². The van der Waals surface area contributed by atoms with Crippen LogP contribution in [0.3, 0.4) is 0 Å². The molecule has 0 unspecified atom stereocenters. The van der Waals surface area contributed by atoms with Gasteiger partial charge in [0.2, 0.25) is 0 Å². The molecule has 0 spiro atoms. The Kier molecular flexibility index (Phi) is 7.16. The first-order valence-corrected chi connectivity index (χ1v) is 19.5. The van der Waals surface area contributed by atoms with Gasteiger partial charge in [0, 0.05) is 43.9 Å². The molecular weight excluding hydrogens is 709 g/mol. The van der Waals surface area contributed by atoms with Crippen LogP contribution in [-0.4, -0.2) is 19.5 Å². The van der Waals surface area contributed by atoms with E-state index in [0.717, 1.165) is 66.5 Å². The molecule has 0 bridgehead atoms. The second-order valence-corrected chi connectivity index (χ2v) is 14.8. The molecule has 270 valence electrons. The van der Waals surface area contributed by atoms with E-state index in [4.69, 9.17) is 19.4 Å². The smallest absolute Gasteiger partial charge is 0.164 e. The molecule has 0 aliphatic rings. The number of benzene rings is 9. The second kappa shape index (κ2) is 12.8. The highest BCUT2D eigenvalue weighted by atomic mass is 16.3. The maximum atomic E-state index is 6.30. The van der Waals surface area contributed by atoms with Crippen molar-refractivity contribution in [1.82, 2.24) is 19.5 Å². The van der Waals surface area contributed by atoms with E-state index in [0.29, 0.717) is 17.5 Å². The molecule has 3 aromatic heterocycles. The van der Waals surface area contributed by atoms with Crippen LogP contribution in [0.25, 0.3) is 116 Å². The lowest BCUT2D eigenvalue weighted by Gasteiger charge is -2.16. The molecule has 0 atom stereocenters. The van der Waals surface area contributed by atoms with Crippen LogP contribution in [0, 0.1) is 0 Å². The van der Waals surface area contributed by atoms with Gasteiger partial charge in [-0.05, 0) is 81.2 Å². The molecule has 5 heteroatoms. The van der Waals surface area contributed by atoms with Crippen molar-refractivity contribution in [2.24, 2.45) is 0 Å². The van der Waals surface area contributed by atoms with Crippen LogP contribution < -0.4 is 0 Å². The summed E-state index contributed by atoms with van der Waals surface area (Å²) in [5.41, 5.74) is 9.82.